The summed E-state index contributed by atoms with van der Waals surface area (Å²) in [5, 5.41) is 3.40. The van der Waals surface area contributed by atoms with E-state index in [9.17, 15) is 9.59 Å². The lowest BCUT2D eigenvalue weighted by Gasteiger charge is -2.35. The number of hydrogen-bond acceptors (Lipinski definition) is 4. The largest absolute Gasteiger partial charge is 0.341 e. The average molecular weight is 342 g/mol. The van der Waals surface area contributed by atoms with E-state index in [1.54, 1.807) is 11.8 Å². The van der Waals surface area contributed by atoms with Crippen molar-refractivity contribution in [2.24, 2.45) is 5.92 Å². The van der Waals surface area contributed by atoms with Gasteiger partial charge in [0.2, 0.25) is 11.8 Å². The Hall–Kier alpha value is -0.750. The highest BCUT2D eigenvalue weighted by atomic mass is 32.2. The molecule has 2 fully saturated rings. The monoisotopic (exact) mass is 341 g/mol. The average Bonchev–Trinajstić information content (AvgIpc) is 3.07. The van der Waals surface area contributed by atoms with Crippen molar-refractivity contribution in [1.82, 2.24) is 15.1 Å². The summed E-state index contributed by atoms with van der Waals surface area (Å²) in [6.45, 7) is 7.96. The van der Waals surface area contributed by atoms with Gasteiger partial charge in [-0.1, -0.05) is 20.3 Å². The van der Waals surface area contributed by atoms with Crippen LogP contribution in [0.2, 0.25) is 0 Å². The van der Waals surface area contributed by atoms with E-state index in [1.807, 2.05) is 9.80 Å². The van der Waals surface area contributed by atoms with Crippen molar-refractivity contribution in [2.75, 3.05) is 37.8 Å². The Morgan fingerprint density at radius 2 is 1.96 bits per heavy atom. The maximum Gasteiger partial charge on any atom is 0.246 e. The van der Waals surface area contributed by atoms with Crippen molar-refractivity contribution in [3.05, 3.63) is 0 Å². The van der Waals surface area contributed by atoms with Crippen LogP contribution >= 0.6 is 11.8 Å². The van der Waals surface area contributed by atoms with Gasteiger partial charge < -0.3 is 15.1 Å². The van der Waals surface area contributed by atoms with E-state index < -0.39 is 0 Å². The van der Waals surface area contributed by atoms with Gasteiger partial charge in [-0.25, -0.2) is 0 Å². The first-order valence-electron chi connectivity index (χ1n) is 9.04. The molecule has 132 valence electrons. The second-order valence-corrected chi connectivity index (χ2v) is 7.56. The van der Waals surface area contributed by atoms with Gasteiger partial charge in [-0.15, -0.1) is 11.8 Å². The Balaban J connectivity index is 1.83. The number of hydrogen-bond donors (Lipinski definition) is 1. The van der Waals surface area contributed by atoms with E-state index >= 15 is 0 Å². The Labute approximate surface area is 144 Å². The zero-order valence-corrected chi connectivity index (χ0v) is 15.4. The van der Waals surface area contributed by atoms with Crippen LogP contribution in [-0.4, -0.2) is 65.5 Å². The lowest BCUT2D eigenvalue weighted by Crippen LogP contribution is -2.51. The third kappa shape index (κ3) is 5.11. The number of carbonyl (C=O) groups excluding carboxylic acids is 2. The third-order valence-electron chi connectivity index (χ3n) is 4.84. The van der Waals surface area contributed by atoms with Crippen molar-refractivity contribution in [3.63, 3.8) is 0 Å². The smallest absolute Gasteiger partial charge is 0.246 e. The summed E-state index contributed by atoms with van der Waals surface area (Å²) in [6, 6.07) is -0.227. The van der Waals surface area contributed by atoms with E-state index in [-0.39, 0.29) is 17.9 Å². The van der Waals surface area contributed by atoms with Crippen LogP contribution in [0.25, 0.3) is 0 Å². The molecule has 0 saturated carbocycles. The highest BCUT2D eigenvalue weighted by molar-refractivity contribution is 7.99. The molecule has 0 aromatic rings. The Morgan fingerprint density at radius 3 is 2.61 bits per heavy atom. The maximum atomic E-state index is 12.8. The minimum Gasteiger partial charge on any atom is -0.341 e. The number of likely N-dealkylation sites (tertiary alicyclic amines) is 1. The molecule has 1 N–H and O–H groups in total. The molecular formula is C17H31N3O2S. The Bertz CT molecular complexity index is 397. The number of rotatable bonds is 7. The van der Waals surface area contributed by atoms with E-state index in [0.717, 1.165) is 57.6 Å². The summed E-state index contributed by atoms with van der Waals surface area (Å²) in [5.74, 6) is 2.43. The number of amides is 2. The molecule has 0 aromatic heterocycles. The summed E-state index contributed by atoms with van der Waals surface area (Å²) in [4.78, 5) is 28.9. The first-order chi connectivity index (χ1) is 11.2. The van der Waals surface area contributed by atoms with Crippen LogP contribution in [0.3, 0.4) is 0 Å². The van der Waals surface area contributed by atoms with Crippen LogP contribution in [0.5, 0.6) is 0 Å². The molecule has 5 nitrogen and oxygen atoms in total. The summed E-state index contributed by atoms with van der Waals surface area (Å²) >= 11 is 1.70. The van der Waals surface area contributed by atoms with Gasteiger partial charge in [-0.2, -0.15) is 0 Å². The second-order valence-electron chi connectivity index (χ2n) is 6.56. The zero-order chi connectivity index (χ0) is 16.7. The van der Waals surface area contributed by atoms with Gasteiger partial charge in [-0.3, -0.25) is 9.59 Å². The molecule has 2 saturated heterocycles. The first-order valence-corrected chi connectivity index (χ1v) is 10.2. The fraction of sp³-hybridized carbons (Fsp3) is 0.882. The normalized spacial score (nSPS) is 22.6. The summed E-state index contributed by atoms with van der Waals surface area (Å²) in [6.07, 6.45) is 4.65. The molecule has 2 heterocycles. The van der Waals surface area contributed by atoms with Crippen molar-refractivity contribution in [1.29, 1.82) is 0 Å². The maximum absolute atomic E-state index is 12.8. The number of thioether (sulfide) groups is 1. The quantitative estimate of drug-likeness (QED) is 0.769. The summed E-state index contributed by atoms with van der Waals surface area (Å²) < 4.78 is 0. The minimum atomic E-state index is -0.227. The van der Waals surface area contributed by atoms with Gasteiger partial charge in [0.15, 0.2) is 0 Å². The molecule has 1 atom stereocenters. The molecule has 0 radical (unpaired) electrons. The molecule has 6 heteroatoms. The number of piperidine rings is 1. The van der Waals surface area contributed by atoms with Gasteiger partial charge in [-0.05, 0) is 38.3 Å². The van der Waals surface area contributed by atoms with Crippen molar-refractivity contribution < 1.29 is 9.59 Å². The summed E-state index contributed by atoms with van der Waals surface area (Å²) in [7, 11) is 0. The highest BCUT2D eigenvalue weighted by Gasteiger charge is 2.37. The third-order valence-corrected chi connectivity index (χ3v) is 5.85. The van der Waals surface area contributed by atoms with Gasteiger partial charge in [0.25, 0.3) is 0 Å². The molecule has 23 heavy (non-hydrogen) atoms. The van der Waals surface area contributed by atoms with E-state index in [4.69, 9.17) is 0 Å². The van der Waals surface area contributed by atoms with Crippen LogP contribution in [0, 0.1) is 5.92 Å². The standard InChI is InChI=1S/C17H31N3O2S/c1-3-5-6-16(21)20-13-23-12-15(20)17(22)19-9-7-14(8-10-19)11-18-4-2/h14-15,18H,3-13H2,1-2H3. The lowest BCUT2D eigenvalue weighted by molar-refractivity contribution is -0.144. The molecule has 2 aliphatic rings. The SMILES string of the molecule is CCCCC(=O)N1CSCC1C(=O)N1CCC(CNCC)CC1. The predicted octanol–water partition coefficient (Wildman–Crippen LogP) is 1.93. The first kappa shape index (κ1) is 18.6. The molecule has 2 amide bonds. The van der Waals surface area contributed by atoms with Gasteiger partial charge >= 0.3 is 0 Å². The van der Waals surface area contributed by atoms with Crippen molar-refractivity contribution in [2.45, 2.75) is 52.0 Å². The molecule has 2 aliphatic heterocycles. The molecular weight excluding hydrogens is 310 g/mol. The number of unbranched alkanes of at least 4 members (excludes halogenated alkanes) is 1. The van der Waals surface area contributed by atoms with Crippen molar-refractivity contribution >= 4 is 23.6 Å². The molecule has 2 rings (SSSR count). The van der Waals surface area contributed by atoms with E-state index in [1.165, 1.54) is 0 Å². The van der Waals surface area contributed by atoms with E-state index in [2.05, 4.69) is 19.2 Å². The van der Waals surface area contributed by atoms with Gasteiger partial charge in [0.05, 0.1) is 5.88 Å². The van der Waals surface area contributed by atoms with E-state index in [0.29, 0.717) is 18.2 Å². The minimum absolute atomic E-state index is 0.150. The Morgan fingerprint density at radius 1 is 1.22 bits per heavy atom. The van der Waals surface area contributed by atoms with Gasteiger partial charge in [0, 0.05) is 25.3 Å². The van der Waals surface area contributed by atoms with Crippen LogP contribution in [-0.2, 0) is 9.59 Å². The van der Waals surface area contributed by atoms with Crippen LogP contribution in [0.15, 0.2) is 0 Å². The highest BCUT2D eigenvalue weighted by Crippen LogP contribution is 2.26. The number of nitrogens with zero attached hydrogens (tertiary/aromatic N) is 2. The zero-order valence-electron chi connectivity index (χ0n) is 14.6. The van der Waals surface area contributed by atoms with Crippen molar-refractivity contribution in [3.8, 4) is 0 Å². The second kappa shape index (κ2) is 9.52. The number of nitrogens with one attached hydrogen (secondary N) is 1. The topological polar surface area (TPSA) is 52.7 Å². The molecule has 1 unspecified atom stereocenters. The Kier molecular flexibility index (Phi) is 7.70. The molecule has 0 bridgehead atoms. The van der Waals surface area contributed by atoms with Crippen LogP contribution < -0.4 is 5.32 Å². The van der Waals surface area contributed by atoms with Gasteiger partial charge in [0.1, 0.15) is 6.04 Å². The lowest BCUT2D eigenvalue weighted by atomic mass is 9.96. The summed E-state index contributed by atoms with van der Waals surface area (Å²) in [5.41, 5.74) is 0. The number of carbonyl (C=O) groups is 2. The molecule has 0 aliphatic carbocycles. The fourth-order valence-corrected chi connectivity index (χ4v) is 4.45. The van der Waals surface area contributed by atoms with Crippen LogP contribution in [0.4, 0.5) is 0 Å². The fourth-order valence-electron chi connectivity index (χ4n) is 3.28. The predicted molar refractivity (Wildman–Crippen MR) is 95.3 cm³/mol. The van der Waals surface area contributed by atoms with Crippen LogP contribution in [0.1, 0.15) is 46.0 Å². The molecule has 0 spiro atoms. The molecule has 0 aromatic carbocycles.